The number of aliphatic hydroxyl groups excluding tert-OH is 1. The van der Waals surface area contributed by atoms with Crippen LogP contribution in [0.2, 0.25) is 0 Å². The van der Waals surface area contributed by atoms with Gasteiger partial charge >= 0.3 is 0 Å². The lowest BCUT2D eigenvalue weighted by molar-refractivity contribution is 0.276. The van der Waals surface area contributed by atoms with Crippen LogP contribution >= 0.6 is 11.3 Å². The predicted molar refractivity (Wildman–Crippen MR) is 48.9 cm³/mol. The van der Waals surface area contributed by atoms with Crippen LogP contribution in [0.1, 0.15) is 4.88 Å². The van der Waals surface area contributed by atoms with Crippen molar-refractivity contribution in [1.29, 1.82) is 0 Å². The highest BCUT2D eigenvalue weighted by atomic mass is 32.1. The van der Waals surface area contributed by atoms with Crippen molar-refractivity contribution >= 4 is 16.5 Å². The number of methoxy groups -OCH3 is 1. The van der Waals surface area contributed by atoms with E-state index in [0.29, 0.717) is 5.88 Å². The zero-order valence-corrected chi connectivity index (χ0v) is 8.18. The molecule has 0 spiro atoms. The Morgan fingerprint density at radius 1 is 1.58 bits per heavy atom. The minimum atomic E-state index is -0.0192. The first-order chi connectivity index (χ1) is 5.69. The molecule has 4 nitrogen and oxygen atoms in total. The van der Waals surface area contributed by atoms with E-state index < -0.39 is 0 Å². The van der Waals surface area contributed by atoms with Gasteiger partial charge in [-0.25, -0.2) is 0 Å². The molecule has 1 N–H and O–H groups in total. The third-order valence-electron chi connectivity index (χ3n) is 1.37. The molecule has 1 aromatic rings. The normalized spacial score (nSPS) is 10.0. The molecule has 0 aromatic carbocycles. The lowest BCUT2D eigenvalue weighted by Gasteiger charge is -2.04. The Balaban J connectivity index is 2.97. The number of aliphatic hydroxyl groups is 1. The molecule has 0 aliphatic heterocycles. The van der Waals surface area contributed by atoms with Gasteiger partial charge in [0.2, 0.25) is 5.88 Å². The summed E-state index contributed by atoms with van der Waals surface area (Å²) in [6.07, 6.45) is 0. The van der Waals surface area contributed by atoms with Gasteiger partial charge in [-0.05, 0) is 0 Å². The Morgan fingerprint density at radius 2 is 2.25 bits per heavy atom. The zero-order chi connectivity index (χ0) is 9.14. The van der Waals surface area contributed by atoms with Crippen molar-refractivity contribution in [3.8, 4) is 5.88 Å². The lowest BCUT2D eigenvalue weighted by atomic mass is 10.6. The lowest BCUT2D eigenvalue weighted by Crippen LogP contribution is -2.07. The number of anilines is 1. The Labute approximate surface area is 75.4 Å². The van der Waals surface area contributed by atoms with Crippen molar-refractivity contribution in [1.82, 2.24) is 4.98 Å². The van der Waals surface area contributed by atoms with Crippen LogP contribution in [0.3, 0.4) is 0 Å². The minimum Gasteiger partial charge on any atom is -0.480 e. The molecule has 1 aromatic heterocycles. The quantitative estimate of drug-likeness (QED) is 0.758. The van der Waals surface area contributed by atoms with Crippen LogP contribution in [0.4, 0.5) is 5.13 Å². The summed E-state index contributed by atoms with van der Waals surface area (Å²) in [5.74, 6) is 0.520. The molecule has 0 amide bonds. The van der Waals surface area contributed by atoms with Crippen molar-refractivity contribution in [2.75, 3.05) is 26.1 Å². The SMILES string of the molecule is COc1nc(N(C)C)sc1CO. The first-order valence-corrected chi connectivity index (χ1v) is 4.32. The molecule has 0 unspecified atom stereocenters. The molecule has 0 saturated carbocycles. The summed E-state index contributed by atoms with van der Waals surface area (Å²) < 4.78 is 4.98. The molecular weight excluding hydrogens is 176 g/mol. The summed E-state index contributed by atoms with van der Waals surface area (Å²) in [7, 11) is 5.35. The third-order valence-corrected chi connectivity index (χ3v) is 2.56. The summed E-state index contributed by atoms with van der Waals surface area (Å²) in [6, 6.07) is 0. The fraction of sp³-hybridized carbons (Fsp3) is 0.571. The van der Waals surface area contributed by atoms with E-state index in [1.54, 1.807) is 7.11 Å². The van der Waals surface area contributed by atoms with Crippen molar-refractivity contribution in [3.63, 3.8) is 0 Å². The van der Waals surface area contributed by atoms with Crippen LogP contribution < -0.4 is 9.64 Å². The van der Waals surface area contributed by atoms with Crippen LogP contribution in [0.25, 0.3) is 0 Å². The Hall–Kier alpha value is -0.810. The van der Waals surface area contributed by atoms with Gasteiger partial charge in [0.15, 0.2) is 5.13 Å². The molecule has 12 heavy (non-hydrogen) atoms. The van der Waals surface area contributed by atoms with Gasteiger partial charge in [-0.1, -0.05) is 11.3 Å². The number of aromatic nitrogens is 1. The summed E-state index contributed by atoms with van der Waals surface area (Å²) in [4.78, 5) is 6.81. The molecule has 0 bridgehead atoms. The first kappa shape index (κ1) is 9.28. The van der Waals surface area contributed by atoms with Gasteiger partial charge < -0.3 is 14.7 Å². The molecule has 1 rings (SSSR count). The standard InChI is InChI=1S/C7H12N2O2S/c1-9(2)7-8-6(11-3)5(4-10)12-7/h10H,4H2,1-3H3. The summed E-state index contributed by atoms with van der Waals surface area (Å²) >= 11 is 1.43. The molecule has 0 saturated heterocycles. The molecule has 0 aliphatic carbocycles. The van der Waals surface area contributed by atoms with Gasteiger partial charge in [0, 0.05) is 14.1 Å². The monoisotopic (exact) mass is 188 g/mol. The van der Waals surface area contributed by atoms with Gasteiger partial charge in [-0.2, -0.15) is 4.98 Å². The van der Waals surface area contributed by atoms with Gasteiger partial charge in [-0.3, -0.25) is 0 Å². The second kappa shape index (κ2) is 3.73. The number of hydrogen-bond donors (Lipinski definition) is 1. The molecule has 5 heteroatoms. The maximum Gasteiger partial charge on any atom is 0.231 e. The van der Waals surface area contributed by atoms with Crippen LogP contribution in [0.15, 0.2) is 0 Å². The van der Waals surface area contributed by atoms with E-state index in [1.165, 1.54) is 11.3 Å². The van der Waals surface area contributed by atoms with E-state index in [-0.39, 0.29) is 6.61 Å². The average molecular weight is 188 g/mol. The van der Waals surface area contributed by atoms with E-state index in [2.05, 4.69) is 4.98 Å². The Kier molecular flexibility index (Phi) is 2.88. The zero-order valence-electron chi connectivity index (χ0n) is 7.37. The van der Waals surface area contributed by atoms with Gasteiger partial charge in [0.1, 0.15) is 0 Å². The van der Waals surface area contributed by atoms with E-state index in [1.807, 2.05) is 19.0 Å². The summed E-state index contributed by atoms with van der Waals surface area (Å²) in [5.41, 5.74) is 0. The Morgan fingerprint density at radius 3 is 2.58 bits per heavy atom. The fourth-order valence-corrected chi connectivity index (χ4v) is 1.59. The molecule has 1 heterocycles. The van der Waals surface area contributed by atoms with E-state index >= 15 is 0 Å². The highest BCUT2D eigenvalue weighted by molar-refractivity contribution is 7.15. The van der Waals surface area contributed by atoms with Crippen molar-refractivity contribution < 1.29 is 9.84 Å². The Bertz CT molecular complexity index is 238. The highest BCUT2D eigenvalue weighted by Crippen LogP contribution is 2.29. The van der Waals surface area contributed by atoms with Crippen LogP contribution in [-0.4, -0.2) is 31.3 Å². The number of ether oxygens (including phenoxy) is 1. The van der Waals surface area contributed by atoms with Gasteiger partial charge in [0.25, 0.3) is 0 Å². The van der Waals surface area contributed by atoms with Crippen LogP contribution in [0.5, 0.6) is 5.88 Å². The smallest absolute Gasteiger partial charge is 0.231 e. The van der Waals surface area contributed by atoms with Crippen LogP contribution in [-0.2, 0) is 6.61 Å². The molecule has 0 radical (unpaired) electrons. The topological polar surface area (TPSA) is 45.6 Å². The maximum atomic E-state index is 8.92. The molecule has 0 atom stereocenters. The first-order valence-electron chi connectivity index (χ1n) is 3.51. The van der Waals surface area contributed by atoms with Crippen molar-refractivity contribution in [3.05, 3.63) is 4.88 Å². The van der Waals surface area contributed by atoms with Crippen molar-refractivity contribution in [2.24, 2.45) is 0 Å². The molecule has 68 valence electrons. The van der Waals surface area contributed by atoms with E-state index in [0.717, 1.165) is 10.0 Å². The number of rotatable bonds is 3. The number of hydrogen-bond acceptors (Lipinski definition) is 5. The van der Waals surface area contributed by atoms with Crippen LogP contribution in [0, 0.1) is 0 Å². The fourth-order valence-electron chi connectivity index (χ4n) is 0.777. The predicted octanol–water partition coefficient (Wildman–Crippen LogP) is 0.710. The number of thiazole rings is 1. The summed E-state index contributed by atoms with van der Waals surface area (Å²) in [6.45, 7) is -0.0192. The second-order valence-corrected chi connectivity index (χ2v) is 3.54. The number of nitrogens with zero attached hydrogens (tertiary/aromatic N) is 2. The van der Waals surface area contributed by atoms with Gasteiger partial charge in [0.05, 0.1) is 18.6 Å². The molecule has 0 fully saturated rings. The third kappa shape index (κ3) is 1.67. The largest absolute Gasteiger partial charge is 0.480 e. The van der Waals surface area contributed by atoms with Gasteiger partial charge in [-0.15, -0.1) is 0 Å². The summed E-state index contributed by atoms with van der Waals surface area (Å²) in [5, 5.41) is 9.76. The minimum absolute atomic E-state index is 0.0192. The molecular formula is C7H12N2O2S. The van der Waals surface area contributed by atoms with E-state index in [9.17, 15) is 0 Å². The average Bonchev–Trinajstić information content (AvgIpc) is 2.46. The van der Waals surface area contributed by atoms with E-state index in [4.69, 9.17) is 9.84 Å². The second-order valence-electron chi connectivity index (χ2n) is 2.48. The maximum absolute atomic E-state index is 8.92. The highest BCUT2D eigenvalue weighted by Gasteiger charge is 2.11. The molecule has 0 aliphatic rings. The van der Waals surface area contributed by atoms with Crippen molar-refractivity contribution in [2.45, 2.75) is 6.61 Å².